The Morgan fingerprint density at radius 3 is 2.50 bits per heavy atom. The lowest BCUT2D eigenvalue weighted by Gasteiger charge is -2.14. The summed E-state index contributed by atoms with van der Waals surface area (Å²) in [5, 5.41) is 0. The zero-order valence-corrected chi connectivity index (χ0v) is 15.8. The van der Waals surface area contributed by atoms with Crippen molar-refractivity contribution in [3.05, 3.63) is 64.8 Å². The molecular formula is C17H12FNO4S3. The predicted octanol–water partition coefficient (Wildman–Crippen LogP) is 3.57. The third-order valence-electron chi connectivity index (χ3n) is 3.33. The Bertz CT molecular complexity index is 1030. The van der Waals surface area contributed by atoms with Gasteiger partial charge in [-0.15, -0.1) is 0 Å². The fourth-order valence-electron chi connectivity index (χ4n) is 2.29. The molecule has 1 saturated heterocycles. The van der Waals surface area contributed by atoms with E-state index >= 15 is 0 Å². The summed E-state index contributed by atoms with van der Waals surface area (Å²) in [6.07, 6.45) is 2.40. The quantitative estimate of drug-likeness (QED) is 0.437. The molecule has 0 saturated carbocycles. The van der Waals surface area contributed by atoms with Crippen LogP contribution < -0.4 is 9.08 Å². The van der Waals surface area contributed by atoms with Gasteiger partial charge in [0.2, 0.25) is 0 Å². The van der Waals surface area contributed by atoms with Crippen molar-refractivity contribution in [3.63, 3.8) is 0 Å². The van der Waals surface area contributed by atoms with Crippen molar-refractivity contribution < 1.29 is 21.8 Å². The molecule has 5 nitrogen and oxygen atoms in total. The molecule has 0 aromatic heterocycles. The summed E-state index contributed by atoms with van der Waals surface area (Å²) in [6.45, 7) is 0. The number of carbonyl (C=O) groups is 1. The normalized spacial score (nSPS) is 16.4. The van der Waals surface area contributed by atoms with E-state index in [9.17, 15) is 17.6 Å². The van der Waals surface area contributed by atoms with Crippen LogP contribution in [0.15, 0.2) is 53.4 Å². The first kappa shape index (κ1) is 18.6. The topological polar surface area (TPSA) is 63.7 Å². The standard InChI is InChI=1S/C17H12FNO4S3/c1-26(21,22)23-14-9-5-2-6-11(14)10-15-16(20)19(17(24)25-15)13-8-4-3-7-12(13)18/h2-10H,1H3/b15-10-. The molecule has 1 amide bonds. The van der Waals surface area contributed by atoms with Gasteiger partial charge in [-0.3, -0.25) is 9.69 Å². The molecule has 0 bridgehead atoms. The molecule has 0 unspecified atom stereocenters. The van der Waals surface area contributed by atoms with E-state index in [1.807, 2.05) is 0 Å². The number of thiocarbonyl (C=S) groups is 1. The second kappa shape index (κ2) is 7.18. The minimum absolute atomic E-state index is 0.0686. The Kier molecular flexibility index (Phi) is 5.12. The van der Waals surface area contributed by atoms with E-state index < -0.39 is 21.8 Å². The van der Waals surface area contributed by atoms with Crippen LogP contribution in [-0.2, 0) is 14.9 Å². The van der Waals surface area contributed by atoms with Crippen LogP contribution in [0.2, 0.25) is 0 Å². The lowest BCUT2D eigenvalue weighted by molar-refractivity contribution is -0.113. The first-order valence-electron chi connectivity index (χ1n) is 7.27. The highest BCUT2D eigenvalue weighted by Crippen LogP contribution is 2.38. The van der Waals surface area contributed by atoms with Gasteiger partial charge in [-0.1, -0.05) is 54.3 Å². The molecule has 0 N–H and O–H groups in total. The molecule has 3 rings (SSSR count). The van der Waals surface area contributed by atoms with Gasteiger partial charge in [0, 0.05) is 5.56 Å². The minimum Gasteiger partial charge on any atom is -0.382 e. The van der Waals surface area contributed by atoms with E-state index in [2.05, 4.69) is 0 Å². The average molecular weight is 409 g/mol. The third kappa shape index (κ3) is 3.95. The zero-order valence-electron chi connectivity index (χ0n) is 13.4. The fourth-order valence-corrected chi connectivity index (χ4v) is 4.04. The van der Waals surface area contributed by atoms with Gasteiger partial charge in [-0.2, -0.15) is 8.42 Å². The van der Waals surface area contributed by atoms with E-state index in [1.165, 1.54) is 30.3 Å². The molecule has 1 aliphatic rings. The maximum atomic E-state index is 14.0. The van der Waals surface area contributed by atoms with Crippen molar-refractivity contribution in [2.75, 3.05) is 11.2 Å². The molecule has 0 aliphatic carbocycles. The van der Waals surface area contributed by atoms with Crippen LogP contribution >= 0.6 is 24.0 Å². The Morgan fingerprint density at radius 2 is 1.81 bits per heavy atom. The van der Waals surface area contributed by atoms with Crippen molar-refractivity contribution in [1.82, 2.24) is 0 Å². The molecule has 0 radical (unpaired) electrons. The monoisotopic (exact) mass is 409 g/mol. The van der Waals surface area contributed by atoms with Crippen LogP contribution in [0.5, 0.6) is 5.75 Å². The number of hydrogen-bond acceptors (Lipinski definition) is 6. The number of carbonyl (C=O) groups excluding carboxylic acids is 1. The van der Waals surface area contributed by atoms with Crippen LogP contribution in [0.3, 0.4) is 0 Å². The second-order valence-electron chi connectivity index (χ2n) is 5.29. The Hall–Kier alpha value is -2.23. The summed E-state index contributed by atoms with van der Waals surface area (Å²) in [4.78, 5) is 14.0. The summed E-state index contributed by atoms with van der Waals surface area (Å²) in [6, 6.07) is 12.2. The summed E-state index contributed by atoms with van der Waals surface area (Å²) in [5.74, 6) is -0.962. The highest BCUT2D eigenvalue weighted by atomic mass is 32.2. The number of anilines is 1. The molecule has 134 valence electrons. The van der Waals surface area contributed by atoms with Gasteiger partial charge >= 0.3 is 10.1 Å². The Labute approximate surface area is 159 Å². The highest BCUT2D eigenvalue weighted by molar-refractivity contribution is 8.27. The molecule has 26 heavy (non-hydrogen) atoms. The largest absolute Gasteiger partial charge is 0.382 e. The molecule has 0 atom stereocenters. The number of hydrogen-bond donors (Lipinski definition) is 0. The van der Waals surface area contributed by atoms with Crippen LogP contribution in [0.1, 0.15) is 5.56 Å². The molecule has 1 aliphatic heterocycles. The highest BCUT2D eigenvalue weighted by Gasteiger charge is 2.34. The third-order valence-corrected chi connectivity index (χ3v) is 5.12. The average Bonchev–Trinajstić information content (AvgIpc) is 2.83. The van der Waals surface area contributed by atoms with Crippen LogP contribution in [0, 0.1) is 5.82 Å². The smallest absolute Gasteiger partial charge is 0.306 e. The van der Waals surface area contributed by atoms with Gasteiger partial charge in [0.15, 0.2) is 4.32 Å². The number of rotatable bonds is 4. The minimum atomic E-state index is -3.72. The van der Waals surface area contributed by atoms with Crippen LogP contribution in [0.25, 0.3) is 6.08 Å². The molecule has 9 heteroatoms. The molecule has 2 aromatic carbocycles. The maximum absolute atomic E-state index is 14.0. The van der Waals surface area contributed by atoms with E-state index in [-0.39, 0.29) is 20.7 Å². The van der Waals surface area contributed by atoms with E-state index in [4.69, 9.17) is 16.4 Å². The van der Waals surface area contributed by atoms with Gasteiger partial charge in [-0.25, -0.2) is 4.39 Å². The van der Waals surface area contributed by atoms with Gasteiger partial charge in [0.1, 0.15) is 11.6 Å². The Morgan fingerprint density at radius 1 is 1.15 bits per heavy atom. The number of thioether (sulfide) groups is 1. The van der Waals surface area contributed by atoms with Crippen molar-refractivity contribution in [2.45, 2.75) is 0 Å². The SMILES string of the molecule is CS(=O)(=O)Oc1ccccc1/C=C1\SC(=S)N(c2ccccc2F)C1=O. The molecule has 0 spiro atoms. The predicted molar refractivity (Wildman–Crippen MR) is 104 cm³/mol. The maximum Gasteiger partial charge on any atom is 0.306 e. The van der Waals surface area contributed by atoms with Gasteiger partial charge in [0.05, 0.1) is 16.8 Å². The van der Waals surface area contributed by atoms with E-state index in [0.717, 1.165) is 22.9 Å². The van der Waals surface area contributed by atoms with Crippen molar-refractivity contribution in [1.29, 1.82) is 0 Å². The molecule has 1 fully saturated rings. The van der Waals surface area contributed by atoms with Crippen molar-refractivity contribution >= 4 is 56.1 Å². The van der Waals surface area contributed by atoms with Crippen LogP contribution in [0.4, 0.5) is 10.1 Å². The molecule has 1 heterocycles. The molecule has 2 aromatic rings. The van der Waals surface area contributed by atoms with E-state index in [0.29, 0.717) is 5.56 Å². The number of halogens is 1. The lowest BCUT2D eigenvalue weighted by atomic mass is 10.2. The van der Waals surface area contributed by atoms with Crippen molar-refractivity contribution in [2.24, 2.45) is 0 Å². The van der Waals surface area contributed by atoms with Crippen LogP contribution in [-0.4, -0.2) is 24.9 Å². The van der Waals surface area contributed by atoms with Gasteiger partial charge in [0.25, 0.3) is 5.91 Å². The summed E-state index contributed by atoms with van der Waals surface area (Å²) in [7, 11) is -3.72. The lowest BCUT2D eigenvalue weighted by Crippen LogP contribution is -2.28. The first-order valence-corrected chi connectivity index (χ1v) is 10.3. The number of benzene rings is 2. The molecular weight excluding hydrogens is 397 g/mol. The fraction of sp³-hybridized carbons (Fsp3) is 0.0588. The summed E-state index contributed by atoms with van der Waals surface area (Å²) < 4.78 is 41.9. The summed E-state index contributed by atoms with van der Waals surface area (Å²) >= 11 is 6.21. The summed E-state index contributed by atoms with van der Waals surface area (Å²) in [5.41, 5.74) is 0.464. The Balaban J connectivity index is 1.98. The van der Waals surface area contributed by atoms with Gasteiger partial charge in [-0.05, 0) is 24.3 Å². The second-order valence-corrected chi connectivity index (χ2v) is 8.54. The zero-order chi connectivity index (χ0) is 18.9. The first-order chi connectivity index (χ1) is 12.3. The number of nitrogens with zero attached hydrogens (tertiary/aromatic N) is 1. The number of para-hydroxylation sites is 2. The van der Waals surface area contributed by atoms with E-state index in [1.54, 1.807) is 24.3 Å². The van der Waals surface area contributed by atoms with Crippen molar-refractivity contribution in [3.8, 4) is 5.75 Å². The van der Waals surface area contributed by atoms with Gasteiger partial charge < -0.3 is 4.18 Å². The number of amides is 1.